The lowest BCUT2D eigenvalue weighted by Gasteiger charge is -2.20. The van der Waals surface area contributed by atoms with Crippen molar-refractivity contribution in [3.05, 3.63) is 29.3 Å². The van der Waals surface area contributed by atoms with Crippen molar-refractivity contribution in [2.24, 2.45) is 0 Å². The predicted molar refractivity (Wildman–Crippen MR) is 75.0 cm³/mol. The molecule has 0 heterocycles. The first-order chi connectivity index (χ1) is 10.5. The van der Waals surface area contributed by atoms with Crippen molar-refractivity contribution in [1.82, 2.24) is 4.90 Å². The summed E-state index contributed by atoms with van der Waals surface area (Å²) >= 11 is 0. The van der Waals surface area contributed by atoms with E-state index < -0.39 is 36.1 Å². The number of carboxylic acids is 1. The summed E-state index contributed by atoms with van der Waals surface area (Å²) in [5.74, 6) is -2.75. The fourth-order valence-corrected chi connectivity index (χ4v) is 1.86. The maximum atomic E-state index is 12.9. The summed E-state index contributed by atoms with van der Waals surface area (Å²) in [6, 6.07) is 2.40. The van der Waals surface area contributed by atoms with E-state index in [1.807, 2.05) is 0 Å². The molecule has 0 aliphatic heterocycles. The summed E-state index contributed by atoms with van der Waals surface area (Å²) < 4.78 is 38.7. The van der Waals surface area contributed by atoms with Gasteiger partial charge in [-0.15, -0.1) is 0 Å². The number of hydrogen-bond acceptors (Lipinski definition) is 3. The third-order valence-electron chi connectivity index (χ3n) is 2.82. The van der Waals surface area contributed by atoms with Gasteiger partial charge in [0.15, 0.2) is 0 Å². The van der Waals surface area contributed by atoms with Crippen LogP contribution < -0.4 is 5.32 Å². The number of carboxylic acid groups (broad SMARTS) is 1. The molecule has 0 radical (unpaired) electrons. The van der Waals surface area contributed by atoms with Gasteiger partial charge < -0.3 is 15.3 Å². The van der Waals surface area contributed by atoms with Gasteiger partial charge in [0, 0.05) is 24.7 Å². The van der Waals surface area contributed by atoms with Crippen molar-refractivity contribution >= 4 is 23.5 Å². The first-order valence-corrected chi connectivity index (χ1v) is 6.55. The molecule has 1 aromatic carbocycles. The van der Waals surface area contributed by atoms with Crippen molar-refractivity contribution in [2.45, 2.75) is 20.0 Å². The second kappa shape index (κ2) is 7.12. The van der Waals surface area contributed by atoms with Crippen LogP contribution in [0, 0.1) is 0 Å². The Labute approximate surface area is 129 Å². The summed E-state index contributed by atoms with van der Waals surface area (Å²) in [5, 5.41) is 10.9. The third kappa shape index (κ3) is 5.28. The monoisotopic (exact) mass is 332 g/mol. The van der Waals surface area contributed by atoms with E-state index in [0.29, 0.717) is 12.1 Å². The van der Waals surface area contributed by atoms with Gasteiger partial charge in [0.25, 0.3) is 5.91 Å². The van der Waals surface area contributed by atoms with E-state index in [2.05, 4.69) is 5.32 Å². The topological polar surface area (TPSA) is 86.7 Å². The zero-order valence-corrected chi connectivity index (χ0v) is 12.4. The molecule has 23 heavy (non-hydrogen) atoms. The second-order valence-corrected chi connectivity index (χ2v) is 4.69. The maximum Gasteiger partial charge on any atom is 0.416 e. The summed E-state index contributed by atoms with van der Waals surface area (Å²) in [7, 11) is 0. The molecule has 0 bridgehead atoms. The summed E-state index contributed by atoms with van der Waals surface area (Å²) in [5.41, 5.74) is -1.66. The third-order valence-corrected chi connectivity index (χ3v) is 2.82. The number of aliphatic carboxylic acids is 1. The van der Waals surface area contributed by atoms with Gasteiger partial charge in [-0.2, -0.15) is 13.2 Å². The van der Waals surface area contributed by atoms with Crippen molar-refractivity contribution < 1.29 is 32.7 Å². The minimum absolute atomic E-state index is 0.0108. The Morgan fingerprint density at radius 2 is 1.83 bits per heavy atom. The molecule has 0 fully saturated rings. The molecular weight excluding hydrogens is 317 g/mol. The fraction of sp³-hybridized carbons (Fsp3) is 0.357. The molecular formula is C14H15F3N2O4. The average Bonchev–Trinajstić information content (AvgIpc) is 2.41. The minimum atomic E-state index is -4.71. The van der Waals surface area contributed by atoms with Gasteiger partial charge in [-0.25, -0.2) is 0 Å². The SMILES string of the molecule is CCN(CC(=O)O)C(=O)c1cc(NC(C)=O)cc(C(F)(F)F)c1. The van der Waals surface area contributed by atoms with Crippen molar-refractivity contribution in [3.8, 4) is 0 Å². The van der Waals surface area contributed by atoms with E-state index >= 15 is 0 Å². The van der Waals surface area contributed by atoms with E-state index in [9.17, 15) is 27.6 Å². The largest absolute Gasteiger partial charge is 0.480 e. The van der Waals surface area contributed by atoms with E-state index in [1.54, 1.807) is 0 Å². The van der Waals surface area contributed by atoms with Crippen molar-refractivity contribution in [1.29, 1.82) is 0 Å². The zero-order valence-electron chi connectivity index (χ0n) is 12.4. The van der Waals surface area contributed by atoms with Crippen LogP contribution in [0.3, 0.4) is 0 Å². The standard InChI is InChI=1S/C14H15F3N2O4/c1-3-19(7-12(21)22)13(23)9-4-10(14(15,16)17)6-11(5-9)18-8(2)20/h4-6H,3,7H2,1-2H3,(H,18,20)(H,21,22). The second-order valence-electron chi connectivity index (χ2n) is 4.69. The quantitative estimate of drug-likeness (QED) is 0.865. The molecule has 6 nitrogen and oxygen atoms in total. The number of rotatable bonds is 5. The summed E-state index contributed by atoms with van der Waals surface area (Å²) in [4.78, 5) is 34.8. The highest BCUT2D eigenvalue weighted by Gasteiger charge is 2.32. The van der Waals surface area contributed by atoms with Crippen LogP contribution in [0.25, 0.3) is 0 Å². The molecule has 126 valence electrons. The Morgan fingerprint density at radius 1 is 1.22 bits per heavy atom. The van der Waals surface area contributed by atoms with Crippen LogP contribution in [-0.4, -0.2) is 40.9 Å². The van der Waals surface area contributed by atoms with Crippen LogP contribution in [-0.2, 0) is 15.8 Å². The van der Waals surface area contributed by atoms with Crippen LogP contribution in [0.5, 0.6) is 0 Å². The van der Waals surface area contributed by atoms with Gasteiger partial charge in [0.05, 0.1) is 5.56 Å². The molecule has 0 saturated carbocycles. The highest BCUT2D eigenvalue weighted by atomic mass is 19.4. The Kier molecular flexibility index (Phi) is 5.72. The number of anilines is 1. The molecule has 0 atom stereocenters. The van der Waals surface area contributed by atoms with Crippen LogP contribution in [0.15, 0.2) is 18.2 Å². The predicted octanol–water partition coefficient (Wildman–Crippen LogP) is 2.21. The lowest BCUT2D eigenvalue weighted by molar-refractivity contribution is -0.138. The molecule has 2 amide bonds. The maximum absolute atomic E-state index is 12.9. The minimum Gasteiger partial charge on any atom is -0.480 e. The van der Waals surface area contributed by atoms with Crippen molar-refractivity contribution in [2.75, 3.05) is 18.4 Å². The first-order valence-electron chi connectivity index (χ1n) is 6.55. The molecule has 1 rings (SSSR count). The number of likely N-dealkylation sites (N-methyl/N-ethyl adjacent to an activating group) is 1. The van der Waals surface area contributed by atoms with Gasteiger partial charge in [-0.05, 0) is 25.1 Å². The molecule has 0 aliphatic carbocycles. The van der Waals surface area contributed by atoms with Gasteiger partial charge in [0.1, 0.15) is 6.54 Å². The number of alkyl halides is 3. The molecule has 0 aromatic heterocycles. The number of amides is 2. The van der Waals surface area contributed by atoms with Gasteiger partial charge in [0.2, 0.25) is 5.91 Å². The Bertz CT molecular complexity index is 629. The Morgan fingerprint density at radius 3 is 2.26 bits per heavy atom. The van der Waals surface area contributed by atoms with E-state index in [-0.39, 0.29) is 17.8 Å². The fourth-order valence-electron chi connectivity index (χ4n) is 1.86. The number of hydrogen-bond donors (Lipinski definition) is 2. The molecule has 9 heteroatoms. The van der Waals surface area contributed by atoms with Crippen LogP contribution in [0.1, 0.15) is 29.8 Å². The molecule has 0 spiro atoms. The first kappa shape index (κ1) is 18.5. The summed E-state index contributed by atoms with van der Waals surface area (Å²) in [6.07, 6.45) is -4.71. The molecule has 2 N–H and O–H groups in total. The summed E-state index contributed by atoms with van der Waals surface area (Å²) in [6.45, 7) is 1.99. The molecule has 0 saturated heterocycles. The number of carbonyl (C=O) groups is 3. The molecule has 1 aromatic rings. The normalized spacial score (nSPS) is 11.0. The van der Waals surface area contributed by atoms with Gasteiger partial charge in [-0.3, -0.25) is 14.4 Å². The van der Waals surface area contributed by atoms with E-state index in [1.165, 1.54) is 6.92 Å². The van der Waals surface area contributed by atoms with Gasteiger partial charge >= 0.3 is 12.1 Å². The highest BCUT2D eigenvalue weighted by Crippen LogP contribution is 2.32. The van der Waals surface area contributed by atoms with E-state index in [0.717, 1.165) is 17.9 Å². The smallest absolute Gasteiger partial charge is 0.416 e. The van der Waals surface area contributed by atoms with Gasteiger partial charge in [-0.1, -0.05) is 0 Å². The molecule has 0 aliphatic rings. The number of carbonyl (C=O) groups excluding carboxylic acids is 2. The highest BCUT2D eigenvalue weighted by molar-refractivity contribution is 5.98. The van der Waals surface area contributed by atoms with Crippen LogP contribution in [0.4, 0.5) is 18.9 Å². The van der Waals surface area contributed by atoms with Crippen LogP contribution >= 0.6 is 0 Å². The molecule has 0 unspecified atom stereocenters. The number of nitrogens with zero attached hydrogens (tertiary/aromatic N) is 1. The van der Waals surface area contributed by atoms with Crippen molar-refractivity contribution in [3.63, 3.8) is 0 Å². The lowest BCUT2D eigenvalue weighted by atomic mass is 10.1. The lowest BCUT2D eigenvalue weighted by Crippen LogP contribution is -2.35. The number of nitrogens with one attached hydrogen (secondary N) is 1. The van der Waals surface area contributed by atoms with E-state index in [4.69, 9.17) is 5.11 Å². The number of benzene rings is 1. The van der Waals surface area contributed by atoms with Crippen LogP contribution in [0.2, 0.25) is 0 Å². The number of halogens is 3. The average molecular weight is 332 g/mol. The Balaban J connectivity index is 3.30. The Hall–Kier alpha value is -2.58. The zero-order chi connectivity index (χ0) is 17.8.